The Labute approximate surface area is 106 Å². The minimum Gasteiger partial charge on any atom is -0.492 e. The van der Waals surface area contributed by atoms with Crippen molar-refractivity contribution in [1.29, 1.82) is 0 Å². The minimum absolute atomic E-state index is 0.314. The number of nitrogens with zero attached hydrogens (tertiary/aromatic N) is 3. The predicted molar refractivity (Wildman–Crippen MR) is 68.1 cm³/mol. The first-order valence-electron chi connectivity index (χ1n) is 5.90. The van der Waals surface area contributed by atoms with Gasteiger partial charge >= 0.3 is 0 Å². The molecule has 2 aromatic heterocycles. The molecule has 2 N–H and O–H groups in total. The number of ether oxygens (including phenoxy) is 1. The Hall–Kier alpha value is -2.01. The van der Waals surface area contributed by atoms with Crippen molar-refractivity contribution in [3.8, 4) is 5.75 Å². The van der Waals surface area contributed by atoms with E-state index in [-0.39, 0.29) is 6.04 Å². The van der Waals surface area contributed by atoms with Gasteiger partial charge in [-0.1, -0.05) is 6.92 Å². The lowest BCUT2D eigenvalue weighted by Crippen LogP contribution is -2.14. The number of aromatic nitrogens is 3. The molecule has 0 aliphatic carbocycles. The number of hydrogen-bond acceptors (Lipinski definition) is 5. The van der Waals surface area contributed by atoms with Gasteiger partial charge in [-0.2, -0.15) is 0 Å². The second-order valence-corrected chi connectivity index (χ2v) is 3.91. The summed E-state index contributed by atoms with van der Waals surface area (Å²) in [5.41, 5.74) is 7.77. The molecule has 0 aliphatic heterocycles. The maximum atomic E-state index is 6.13. The second kappa shape index (κ2) is 6.07. The summed E-state index contributed by atoms with van der Waals surface area (Å²) in [6.07, 6.45) is 7.53. The molecule has 0 saturated heterocycles. The van der Waals surface area contributed by atoms with Crippen LogP contribution in [0, 0.1) is 0 Å². The quantitative estimate of drug-likeness (QED) is 0.866. The summed E-state index contributed by atoms with van der Waals surface area (Å²) in [5.74, 6) is 0.735. The summed E-state index contributed by atoms with van der Waals surface area (Å²) < 4.78 is 5.53. The molecule has 0 spiro atoms. The lowest BCUT2D eigenvalue weighted by atomic mass is 10.1. The highest BCUT2D eigenvalue weighted by atomic mass is 16.5. The summed E-state index contributed by atoms with van der Waals surface area (Å²) in [6, 6.07) is 3.38. The van der Waals surface area contributed by atoms with Gasteiger partial charge in [0.1, 0.15) is 12.1 Å². The van der Waals surface area contributed by atoms with Crippen molar-refractivity contribution >= 4 is 0 Å². The second-order valence-electron chi connectivity index (χ2n) is 3.91. The fourth-order valence-corrected chi connectivity index (χ4v) is 1.56. The van der Waals surface area contributed by atoms with Gasteiger partial charge < -0.3 is 10.5 Å². The van der Waals surface area contributed by atoms with E-state index in [1.165, 1.54) is 6.33 Å². The molecule has 0 radical (unpaired) electrons. The Kier molecular flexibility index (Phi) is 4.20. The first kappa shape index (κ1) is 12.4. The van der Waals surface area contributed by atoms with Crippen LogP contribution < -0.4 is 10.5 Å². The van der Waals surface area contributed by atoms with Gasteiger partial charge in [0.25, 0.3) is 0 Å². The van der Waals surface area contributed by atoms with E-state index in [0.717, 1.165) is 23.4 Å². The SMILES string of the molecule is CCCOc1cncc(C(N)c2ccncn2)c1. The molecule has 0 saturated carbocycles. The Morgan fingerprint density at radius 2 is 2.22 bits per heavy atom. The standard InChI is InChI=1S/C13H16N4O/c1-2-5-18-11-6-10(7-16-8-11)13(14)12-3-4-15-9-17-12/h3-4,6-9,13H,2,5,14H2,1H3. The zero-order chi connectivity index (χ0) is 12.8. The smallest absolute Gasteiger partial charge is 0.137 e. The topological polar surface area (TPSA) is 73.9 Å². The lowest BCUT2D eigenvalue weighted by Gasteiger charge is -2.12. The van der Waals surface area contributed by atoms with Crippen LogP contribution in [0.25, 0.3) is 0 Å². The van der Waals surface area contributed by atoms with Crippen molar-refractivity contribution in [2.45, 2.75) is 19.4 Å². The molecule has 0 aliphatic rings. The number of pyridine rings is 1. The van der Waals surface area contributed by atoms with Gasteiger partial charge in [0.05, 0.1) is 24.5 Å². The normalized spacial score (nSPS) is 12.1. The lowest BCUT2D eigenvalue weighted by molar-refractivity contribution is 0.315. The van der Waals surface area contributed by atoms with Gasteiger partial charge in [-0.3, -0.25) is 4.98 Å². The average Bonchev–Trinajstić information content (AvgIpc) is 2.45. The van der Waals surface area contributed by atoms with Crippen molar-refractivity contribution in [1.82, 2.24) is 15.0 Å². The molecule has 2 rings (SSSR count). The highest BCUT2D eigenvalue weighted by Crippen LogP contribution is 2.20. The van der Waals surface area contributed by atoms with E-state index >= 15 is 0 Å². The van der Waals surface area contributed by atoms with E-state index < -0.39 is 0 Å². The molecule has 2 aromatic rings. The third kappa shape index (κ3) is 3.01. The van der Waals surface area contributed by atoms with Crippen LogP contribution in [-0.4, -0.2) is 21.6 Å². The Bertz CT molecular complexity index is 489. The van der Waals surface area contributed by atoms with Gasteiger partial charge in [-0.15, -0.1) is 0 Å². The molecule has 18 heavy (non-hydrogen) atoms. The van der Waals surface area contributed by atoms with E-state index in [1.807, 2.05) is 6.07 Å². The van der Waals surface area contributed by atoms with Crippen LogP contribution in [0.4, 0.5) is 0 Å². The van der Waals surface area contributed by atoms with E-state index in [4.69, 9.17) is 10.5 Å². The van der Waals surface area contributed by atoms with Gasteiger partial charge in [-0.05, 0) is 24.1 Å². The number of nitrogens with two attached hydrogens (primary N) is 1. The molecule has 2 heterocycles. The third-order valence-electron chi connectivity index (χ3n) is 2.49. The van der Waals surface area contributed by atoms with Crippen LogP contribution in [0.5, 0.6) is 5.75 Å². The van der Waals surface area contributed by atoms with Crippen molar-refractivity contribution in [2.24, 2.45) is 5.73 Å². The Balaban J connectivity index is 2.17. The third-order valence-corrected chi connectivity index (χ3v) is 2.49. The van der Waals surface area contributed by atoms with E-state index in [1.54, 1.807) is 24.7 Å². The van der Waals surface area contributed by atoms with Crippen LogP contribution in [-0.2, 0) is 0 Å². The summed E-state index contributed by atoms with van der Waals surface area (Å²) in [5, 5.41) is 0. The number of rotatable bonds is 5. The fourth-order valence-electron chi connectivity index (χ4n) is 1.56. The summed E-state index contributed by atoms with van der Waals surface area (Å²) in [6.45, 7) is 2.73. The molecule has 0 aromatic carbocycles. The van der Waals surface area contributed by atoms with Gasteiger partial charge in [0.2, 0.25) is 0 Å². The average molecular weight is 244 g/mol. The highest BCUT2D eigenvalue weighted by Gasteiger charge is 2.11. The minimum atomic E-state index is -0.314. The first-order chi connectivity index (χ1) is 8.81. The largest absolute Gasteiger partial charge is 0.492 e. The zero-order valence-corrected chi connectivity index (χ0v) is 10.3. The predicted octanol–water partition coefficient (Wildman–Crippen LogP) is 1.71. The molecular weight excluding hydrogens is 228 g/mol. The summed E-state index contributed by atoms with van der Waals surface area (Å²) >= 11 is 0. The molecule has 0 fully saturated rings. The van der Waals surface area contributed by atoms with E-state index in [9.17, 15) is 0 Å². The van der Waals surface area contributed by atoms with Crippen molar-refractivity contribution in [3.05, 3.63) is 48.3 Å². The molecule has 1 atom stereocenters. The Morgan fingerprint density at radius 3 is 2.94 bits per heavy atom. The molecule has 0 amide bonds. The van der Waals surface area contributed by atoms with Crippen molar-refractivity contribution in [2.75, 3.05) is 6.61 Å². The molecule has 1 unspecified atom stereocenters. The van der Waals surface area contributed by atoms with Gasteiger partial charge in [0, 0.05) is 12.4 Å². The number of hydrogen-bond donors (Lipinski definition) is 1. The van der Waals surface area contributed by atoms with Crippen LogP contribution in [0.1, 0.15) is 30.6 Å². The maximum Gasteiger partial charge on any atom is 0.137 e. The van der Waals surface area contributed by atoms with Crippen LogP contribution in [0.15, 0.2) is 37.1 Å². The summed E-state index contributed by atoms with van der Waals surface area (Å²) in [4.78, 5) is 12.2. The van der Waals surface area contributed by atoms with Crippen molar-refractivity contribution in [3.63, 3.8) is 0 Å². The first-order valence-corrected chi connectivity index (χ1v) is 5.90. The molecule has 5 nitrogen and oxygen atoms in total. The molecule has 5 heteroatoms. The molecular formula is C13H16N4O. The molecule has 0 bridgehead atoms. The fraction of sp³-hybridized carbons (Fsp3) is 0.308. The Morgan fingerprint density at radius 1 is 1.33 bits per heavy atom. The summed E-state index contributed by atoms with van der Waals surface area (Å²) in [7, 11) is 0. The van der Waals surface area contributed by atoms with E-state index in [0.29, 0.717) is 6.61 Å². The zero-order valence-electron chi connectivity index (χ0n) is 10.3. The van der Waals surface area contributed by atoms with Crippen molar-refractivity contribution < 1.29 is 4.74 Å². The monoisotopic (exact) mass is 244 g/mol. The van der Waals surface area contributed by atoms with Crippen LogP contribution in [0.3, 0.4) is 0 Å². The van der Waals surface area contributed by atoms with Gasteiger partial charge in [-0.25, -0.2) is 9.97 Å². The van der Waals surface area contributed by atoms with Crippen LogP contribution in [0.2, 0.25) is 0 Å². The van der Waals surface area contributed by atoms with Gasteiger partial charge in [0.15, 0.2) is 0 Å². The van der Waals surface area contributed by atoms with E-state index in [2.05, 4.69) is 21.9 Å². The highest BCUT2D eigenvalue weighted by molar-refractivity contribution is 5.30. The molecule has 94 valence electrons. The maximum absolute atomic E-state index is 6.13. The van der Waals surface area contributed by atoms with Crippen LogP contribution >= 0.6 is 0 Å².